The molecule has 0 radical (unpaired) electrons. The van der Waals surface area contributed by atoms with Crippen LogP contribution in [-0.2, 0) is 0 Å². The summed E-state index contributed by atoms with van der Waals surface area (Å²) in [6.07, 6.45) is 1.54. The lowest BCUT2D eigenvalue weighted by Gasteiger charge is -2.14. The van der Waals surface area contributed by atoms with E-state index in [2.05, 4.69) is 21.2 Å². The second-order valence-corrected chi connectivity index (χ2v) is 4.77. The Morgan fingerprint density at radius 1 is 1.47 bits per heavy atom. The fourth-order valence-electron chi connectivity index (χ4n) is 1.67. The molecule has 0 aliphatic heterocycles. The van der Waals surface area contributed by atoms with Crippen LogP contribution in [0.25, 0.3) is 0 Å². The number of nitrogens with one attached hydrogen (secondary N) is 1. The number of anilines is 1. The van der Waals surface area contributed by atoms with Crippen molar-refractivity contribution in [2.75, 3.05) is 5.32 Å². The molecule has 0 spiro atoms. The monoisotopic (exact) mass is 327 g/mol. The number of rotatable bonds is 4. The van der Waals surface area contributed by atoms with Crippen LogP contribution in [0.5, 0.6) is 0 Å². The van der Waals surface area contributed by atoms with Crippen LogP contribution in [0.15, 0.2) is 39.4 Å². The van der Waals surface area contributed by atoms with Crippen molar-refractivity contribution in [3.63, 3.8) is 0 Å². The molecule has 0 aliphatic rings. The minimum absolute atomic E-state index is 0.0726. The zero-order valence-corrected chi connectivity index (χ0v) is 11.6. The first-order valence-corrected chi connectivity index (χ1v) is 6.31. The summed E-state index contributed by atoms with van der Waals surface area (Å²) in [5, 5.41) is 11.8. The van der Waals surface area contributed by atoms with Crippen molar-refractivity contribution in [2.45, 2.75) is 13.0 Å². The number of carboxylic acids is 1. The molecule has 0 bridgehead atoms. The molecule has 0 saturated heterocycles. The van der Waals surface area contributed by atoms with Gasteiger partial charge in [-0.15, -0.1) is 0 Å². The Morgan fingerprint density at radius 2 is 2.21 bits per heavy atom. The number of halogens is 2. The van der Waals surface area contributed by atoms with Crippen LogP contribution in [0.2, 0.25) is 0 Å². The maximum Gasteiger partial charge on any atom is 0.336 e. The number of hydrogen-bond donors (Lipinski definition) is 2. The normalized spacial score (nSPS) is 12.2. The summed E-state index contributed by atoms with van der Waals surface area (Å²) in [7, 11) is 0. The molecule has 0 saturated carbocycles. The van der Waals surface area contributed by atoms with Gasteiger partial charge in [0.15, 0.2) is 5.82 Å². The second kappa shape index (κ2) is 5.44. The van der Waals surface area contributed by atoms with Gasteiger partial charge in [0.1, 0.15) is 5.76 Å². The van der Waals surface area contributed by atoms with Gasteiger partial charge in [-0.25, -0.2) is 9.18 Å². The van der Waals surface area contributed by atoms with Crippen LogP contribution < -0.4 is 5.32 Å². The number of carbonyl (C=O) groups is 1. The third kappa shape index (κ3) is 2.78. The first-order chi connectivity index (χ1) is 9.00. The molecule has 1 atom stereocenters. The van der Waals surface area contributed by atoms with E-state index in [1.807, 2.05) is 6.92 Å². The topological polar surface area (TPSA) is 62.5 Å². The maximum atomic E-state index is 14.0. The fraction of sp³-hybridized carbons (Fsp3) is 0.154. The van der Waals surface area contributed by atoms with Crippen molar-refractivity contribution in [3.8, 4) is 0 Å². The highest BCUT2D eigenvalue weighted by Crippen LogP contribution is 2.29. The van der Waals surface area contributed by atoms with Crippen molar-refractivity contribution in [2.24, 2.45) is 0 Å². The highest BCUT2D eigenvalue weighted by molar-refractivity contribution is 9.10. The maximum absolute atomic E-state index is 14.0. The Labute approximate surface area is 117 Å². The molecule has 6 heteroatoms. The summed E-state index contributed by atoms with van der Waals surface area (Å²) in [5.41, 5.74) is 0.0921. The Bertz CT molecular complexity index is 598. The van der Waals surface area contributed by atoms with Gasteiger partial charge in [0.25, 0.3) is 0 Å². The molecule has 0 amide bonds. The summed E-state index contributed by atoms with van der Waals surface area (Å²) in [6.45, 7) is 1.82. The summed E-state index contributed by atoms with van der Waals surface area (Å²) in [5.74, 6) is -1.16. The van der Waals surface area contributed by atoms with Gasteiger partial charge in [0, 0.05) is 0 Å². The van der Waals surface area contributed by atoms with E-state index in [-0.39, 0.29) is 21.8 Å². The van der Waals surface area contributed by atoms with Gasteiger partial charge in [0.2, 0.25) is 0 Å². The third-order valence-electron chi connectivity index (χ3n) is 2.65. The first kappa shape index (κ1) is 13.6. The van der Waals surface area contributed by atoms with Gasteiger partial charge in [-0.2, -0.15) is 0 Å². The zero-order chi connectivity index (χ0) is 14.0. The van der Waals surface area contributed by atoms with Gasteiger partial charge in [0.05, 0.1) is 28.0 Å². The predicted molar refractivity (Wildman–Crippen MR) is 71.8 cm³/mol. The van der Waals surface area contributed by atoms with Crippen molar-refractivity contribution in [1.29, 1.82) is 0 Å². The van der Waals surface area contributed by atoms with Gasteiger partial charge in [-0.05, 0) is 47.1 Å². The number of carboxylic acid groups (broad SMARTS) is 1. The van der Waals surface area contributed by atoms with E-state index in [0.29, 0.717) is 5.76 Å². The number of benzene rings is 1. The van der Waals surface area contributed by atoms with Crippen LogP contribution in [-0.4, -0.2) is 11.1 Å². The molecule has 0 fully saturated rings. The van der Waals surface area contributed by atoms with Crippen LogP contribution in [0.1, 0.15) is 29.1 Å². The largest absolute Gasteiger partial charge is 0.478 e. The zero-order valence-electron chi connectivity index (χ0n) is 9.98. The van der Waals surface area contributed by atoms with E-state index in [0.717, 1.165) is 0 Å². The van der Waals surface area contributed by atoms with Crippen molar-refractivity contribution in [3.05, 3.63) is 52.1 Å². The number of furan rings is 1. The van der Waals surface area contributed by atoms with Crippen LogP contribution in [0.3, 0.4) is 0 Å². The van der Waals surface area contributed by atoms with Gasteiger partial charge < -0.3 is 14.8 Å². The standard InChI is InChI=1S/C13H11BrFNO3/c1-7(10-3-2-6-19-10)16-9-5-4-8(13(17)18)11(14)12(9)15/h2-7,16H,1H3,(H,17,18). The minimum atomic E-state index is -1.18. The predicted octanol–water partition coefficient (Wildman–Crippen LogP) is 4.05. The summed E-state index contributed by atoms with van der Waals surface area (Å²) in [6, 6.07) is 6.02. The average Bonchev–Trinajstić information content (AvgIpc) is 2.88. The molecule has 1 aromatic heterocycles. The molecule has 1 unspecified atom stereocenters. The summed E-state index contributed by atoms with van der Waals surface area (Å²) in [4.78, 5) is 10.9. The van der Waals surface area contributed by atoms with E-state index >= 15 is 0 Å². The lowest BCUT2D eigenvalue weighted by molar-refractivity contribution is 0.0695. The molecule has 100 valence electrons. The smallest absolute Gasteiger partial charge is 0.336 e. The SMILES string of the molecule is CC(Nc1ccc(C(=O)O)c(Br)c1F)c1ccco1. The molecular weight excluding hydrogens is 317 g/mol. The molecule has 19 heavy (non-hydrogen) atoms. The summed E-state index contributed by atoms with van der Waals surface area (Å²) < 4.78 is 19.2. The van der Waals surface area contributed by atoms with Gasteiger partial charge >= 0.3 is 5.97 Å². The minimum Gasteiger partial charge on any atom is -0.478 e. The Balaban J connectivity index is 2.27. The molecular formula is C13H11BrFNO3. The van der Waals surface area contributed by atoms with E-state index in [4.69, 9.17) is 9.52 Å². The second-order valence-electron chi connectivity index (χ2n) is 3.98. The van der Waals surface area contributed by atoms with Gasteiger partial charge in [-0.1, -0.05) is 0 Å². The Hall–Kier alpha value is -1.82. The highest BCUT2D eigenvalue weighted by atomic mass is 79.9. The molecule has 0 aliphatic carbocycles. The van der Waals surface area contributed by atoms with Crippen molar-refractivity contribution >= 4 is 27.6 Å². The van der Waals surface area contributed by atoms with Crippen LogP contribution in [0.4, 0.5) is 10.1 Å². The van der Waals surface area contributed by atoms with Crippen LogP contribution in [0, 0.1) is 5.82 Å². The van der Waals surface area contributed by atoms with E-state index in [1.54, 1.807) is 12.1 Å². The van der Waals surface area contributed by atoms with Crippen molar-refractivity contribution in [1.82, 2.24) is 0 Å². The average molecular weight is 328 g/mol. The molecule has 2 N–H and O–H groups in total. The third-order valence-corrected chi connectivity index (χ3v) is 3.43. The van der Waals surface area contributed by atoms with E-state index in [1.165, 1.54) is 18.4 Å². The van der Waals surface area contributed by atoms with E-state index < -0.39 is 11.8 Å². The fourth-order valence-corrected chi connectivity index (χ4v) is 2.18. The quantitative estimate of drug-likeness (QED) is 0.889. The molecule has 2 aromatic rings. The first-order valence-electron chi connectivity index (χ1n) is 5.52. The Morgan fingerprint density at radius 3 is 2.79 bits per heavy atom. The van der Waals surface area contributed by atoms with Gasteiger partial charge in [-0.3, -0.25) is 0 Å². The lowest BCUT2D eigenvalue weighted by Crippen LogP contribution is -2.09. The Kier molecular flexibility index (Phi) is 3.90. The van der Waals surface area contributed by atoms with E-state index in [9.17, 15) is 9.18 Å². The highest BCUT2D eigenvalue weighted by Gasteiger charge is 2.17. The molecule has 1 aromatic carbocycles. The van der Waals surface area contributed by atoms with Crippen molar-refractivity contribution < 1.29 is 18.7 Å². The van der Waals surface area contributed by atoms with Crippen LogP contribution >= 0.6 is 15.9 Å². The summed E-state index contributed by atoms with van der Waals surface area (Å²) >= 11 is 2.95. The lowest BCUT2D eigenvalue weighted by atomic mass is 10.1. The molecule has 4 nitrogen and oxygen atoms in total. The number of aromatic carboxylic acids is 1. The molecule has 2 rings (SSSR count). The number of hydrogen-bond acceptors (Lipinski definition) is 3. The molecule has 1 heterocycles.